The molecule has 114 valence electrons. The fourth-order valence-electron chi connectivity index (χ4n) is 1.08. The van der Waals surface area contributed by atoms with Gasteiger partial charge < -0.3 is 9.84 Å². The lowest BCUT2D eigenvalue weighted by Gasteiger charge is -2.15. The summed E-state index contributed by atoms with van der Waals surface area (Å²) in [6, 6.07) is 0.0647. The fourth-order valence-corrected chi connectivity index (χ4v) is 2.55. The van der Waals surface area contributed by atoms with Crippen LogP contribution in [-0.2, 0) is 10.0 Å². The third kappa shape index (κ3) is 4.35. The van der Waals surface area contributed by atoms with E-state index in [1.807, 2.05) is 0 Å². The van der Waals surface area contributed by atoms with Gasteiger partial charge in [0.05, 0.1) is 11.6 Å². The molecule has 0 aliphatic carbocycles. The molecule has 1 rings (SSSR count). The second-order valence-corrected chi connectivity index (χ2v) is 6.32. The first-order valence-corrected chi connectivity index (χ1v) is 7.42. The first-order valence-electron chi connectivity index (χ1n) is 5.06. The predicted octanol–water partition coefficient (Wildman–Crippen LogP) is 1.65. The van der Waals surface area contributed by atoms with E-state index in [-0.39, 0.29) is 17.2 Å². The smallest absolute Gasteiger partial charge is 0.482 e. The monoisotopic (exact) mass is 333 g/mol. The van der Waals surface area contributed by atoms with Gasteiger partial charge in [0.15, 0.2) is 5.06 Å². The number of carbonyl (C=O) groups is 1. The molecule has 1 heterocycles. The molecular formula is C9H10F3NO5S2. The summed E-state index contributed by atoms with van der Waals surface area (Å²) in [5.74, 6) is -1.16. The van der Waals surface area contributed by atoms with Crippen molar-refractivity contribution in [3.63, 3.8) is 0 Å². The average molecular weight is 333 g/mol. The Labute approximate surface area is 116 Å². The van der Waals surface area contributed by atoms with E-state index < -0.39 is 27.5 Å². The van der Waals surface area contributed by atoms with Crippen LogP contribution in [0.1, 0.15) is 17.3 Å². The van der Waals surface area contributed by atoms with Gasteiger partial charge in [-0.2, -0.15) is 13.2 Å². The number of halogens is 3. The second kappa shape index (κ2) is 5.97. The number of rotatable bonds is 6. The Hall–Kier alpha value is -1.33. The molecule has 0 bridgehead atoms. The zero-order chi connectivity index (χ0) is 15.6. The van der Waals surface area contributed by atoms with Crippen LogP contribution in [0.3, 0.4) is 0 Å². The minimum absolute atomic E-state index is 0.0199. The van der Waals surface area contributed by atoms with Crippen LogP contribution in [0.15, 0.2) is 11.4 Å². The molecule has 0 aromatic carbocycles. The second-order valence-electron chi connectivity index (χ2n) is 3.74. The molecule has 1 aromatic heterocycles. The Balaban J connectivity index is 2.55. The van der Waals surface area contributed by atoms with Crippen LogP contribution in [0.2, 0.25) is 0 Å². The highest BCUT2D eigenvalue weighted by molar-refractivity contribution is 7.90. The van der Waals surface area contributed by atoms with E-state index in [1.165, 1.54) is 23.1 Å². The standard InChI is InChI=1S/C9H10F3NO5S2/c1-5(13-20(16,17)9(10,11)12)3-18-7-2-6(4-19-7)8(14)15/h2,4-5,13H,3H2,1H3,(H,14,15)/t5-/m0/s1. The lowest BCUT2D eigenvalue weighted by Crippen LogP contribution is -2.43. The van der Waals surface area contributed by atoms with Crippen molar-refractivity contribution in [3.05, 3.63) is 17.0 Å². The Bertz CT molecular complexity index is 581. The summed E-state index contributed by atoms with van der Waals surface area (Å²) < 4.78 is 64.3. The molecule has 0 spiro atoms. The van der Waals surface area contributed by atoms with Crippen LogP contribution >= 0.6 is 11.3 Å². The maximum Gasteiger partial charge on any atom is 0.511 e. The molecule has 0 saturated heterocycles. The highest BCUT2D eigenvalue weighted by atomic mass is 32.2. The number of hydrogen-bond donors (Lipinski definition) is 2. The van der Waals surface area contributed by atoms with Crippen LogP contribution in [-0.4, -0.2) is 37.7 Å². The molecule has 0 aliphatic rings. The lowest BCUT2D eigenvalue weighted by molar-refractivity contribution is -0.0451. The van der Waals surface area contributed by atoms with Crippen molar-refractivity contribution in [2.75, 3.05) is 6.61 Å². The predicted molar refractivity (Wildman–Crippen MR) is 64.3 cm³/mol. The molecule has 1 atom stereocenters. The van der Waals surface area contributed by atoms with Crippen molar-refractivity contribution in [2.24, 2.45) is 0 Å². The molecule has 0 aliphatic heterocycles. The van der Waals surface area contributed by atoms with Crippen molar-refractivity contribution in [1.82, 2.24) is 4.72 Å². The van der Waals surface area contributed by atoms with Gasteiger partial charge in [0.2, 0.25) is 0 Å². The minimum Gasteiger partial charge on any atom is -0.482 e. The van der Waals surface area contributed by atoms with E-state index in [2.05, 4.69) is 0 Å². The Morgan fingerprint density at radius 3 is 2.60 bits per heavy atom. The SMILES string of the molecule is C[C@@H](COc1cc(C(=O)O)cs1)NS(=O)(=O)C(F)(F)F. The van der Waals surface area contributed by atoms with Crippen LogP contribution < -0.4 is 9.46 Å². The van der Waals surface area contributed by atoms with Crippen LogP contribution in [0, 0.1) is 0 Å². The zero-order valence-electron chi connectivity index (χ0n) is 9.97. The number of sulfonamides is 1. The highest BCUT2D eigenvalue weighted by Crippen LogP contribution is 2.24. The summed E-state index contributed by atoms with van der Waals surface area (Å²) in [6.07, 6.45) is 0. The fraction of sp³-hybridized carbons (Fsp3) is 0.444. The number of alkyl halides is 3. The molecule has 0 amide bonds. The summed E-state index contributed by atoms with van der Waals surface area (Å²) in [7, 11) is -5.43. The lowest BCUT2D eigenvalue weighted by atomic mass is 10.3. The van der Waals surface area contributed by atoms with E-state index in [4.69, 9.17) is 9.84 Å². The first kappa shape index (κ1) is 16.7. The third-order valence-corrected chi connectivity index (χ3v) is 4.12. The first-order chi connectivity index (χ1) is 9.03. The molecule has 1 aromatic rings. The van der Waals surface area contributed by atoms with Gasteiger partial charge in [-0.3, -0.25) is 0 Å². The van der Waals surface area contributed by atoms with Gasteiger partial charge in [0.1, 0.15) is 6.61 Å². The number of carboxylic acid groups (broad SMARTS) is 1. The molecule has 6 nitrogen and oxygen atoms in total. The van der Waals surface area contributed by atoms with Crippen molar-refractivity contribution >= 4 is 27.3 Å². The summed E-state index contributed by atoms with van der Waals surface area (Å²) in [5, 5.41) is 10.1. The Morgan fingerprint density at radius 2 is 2.15 bits per heavy atom. The molecule has 0 unspecified atom stereocenters. The van der Waals surface area contributed by atoms with Crippen molar-refractivity contribution in [2.45, 2.75) is 18.5 Å². The van der Waals surface area contributed by atoms with E-state index in [1.54, 1.807) is 0 Å². The van der Waals surface area contributed by atoms with Crippen LogP contribution in [0.4, 0.5) is 13.2 Å². The number of hydrogen-bond acceptors (Lipinski definition) is 5. The molecule has 20 heavy (non-hydrogen) atoms. The van der Waals surface area contributed by atoms with Crippen LogP contribution in [0.5, 0.6) is 5.06 Å². The highest BCUT2D eigenvalue weighted by Gasteiger charge is 2.46. The van der Waals surface area contributed by atoms with Gasteiger partial charge in [-0.1, -0.05) is 0 Å². The zero-order valence-corrected chi connectivity index (χ0v) is 11.6. The molecule has 0 saturated carbocycles. The van der Waals surface area contributed by atoms with Crippen LogP contribution in [0.25, 0.3) is 0 Å². The number of ether oxygens (including phenoxy) is 1. The van der Waals surface area contributed by atoms with Gasteiger partial charge in [-0.25, -0.2) is 17.9 Å². The van der Waals surface area contributed by atoms with Gasteiger partial charge in [-0.15, -0.1) is 11.3 Å². The molecule has 0 radical (unpaired) electrons. The van der Waals surface area contributed by atoms with Crippen molar-refractivity contribution < 1.29 is 36.2 Å². The topological polar surface area (TPSA) is 92.7 Å². The molecule has 0 fully saturated rings. The van der Waals surface area contributed by atoms with E-state index in [9.17, 15) is 26.4 Å². The number of carboxylic acids is 1. The van der Waals surface area contributed by atoms with E-state index in [0.717, 1.165) is 11.3 Å². The van der Waals surface area contributed by atoms with Gasteiger partial charge >= 0.3 is 21.5 Å². The maximum absolute atomic E-state index is 12.1. The van der Waals surface area contributed by atoms with Crippen molar-refractivity contribution in [1.29, 1.82) is 0 Å². The molecule has 11 heteroatoms. The quantitative estimate of drug-likeness (QED) is 0.826. The van der Waals surface area contributed by atoms with E-state index >= 15 is 0 Å². The summed E-state index contributed by atoms with van der Waals surface area (Å²) in [4.78, 5) is 10.6. The average Bonchev–Trinajstić information content (AvgIpc) is 2.72. The van der Waals surface area contributed by atoms with E-state index in [0.29, 0.717) is 0 Å². The summed E-state index contributed by atoms with van der Waals surface area (Å²) in [5.41, 5.74) is -5.41. The number of aromatic carboxylic acids is 1. The maximum atomic E-state index is 12.1. The number of thiophene rings is 1. The van der Waals surface area contributed by atoms with Gasteiger partial charge in [0.25, 0.3) is 0 Å². The van der Waals surface area contributed by atoms with Gasteiger partial charge in [-0.05, 0) is 6.92 Å². The Morgan fingerprint density at radius 1 is 1.55 bits per heavy atom. The minimum atomic E-state index is -5.43. The normalized spacial score (nSPS) is 14.0. The molecular weight excluding hydrogens is 323 g/mol. The largest absolute Gasteiger partial charge is 0.511 e. The number of nitrogens with one attached hydrogen (secondary N) is 1. The third-order valence-electron chi connectivity index (χ3n) is 1.96. The summed E-state index contributed by atoms with van der Waals surface area (Å²) in [6.45, 7) is 0.823. The van der Waals surface area contributed by atoms with Gasteiger partial charge in [0, 0.05) is 11.4 Å². The Kier molecular flexibility index (Phi) is 5.00. The molecule has 2 N–H and O–H groups in total. The van der Waals surface area contributed by atoms with Crippen molar-refractivity contribution in [3.8, 4) is 5.06 Å². The summed E-state index contributed by atoms with van der Waals surface area (Å²) >= 11 is 0.941.